The molecular formula is C25H43N3O11. The molecule has 0 saturated carbocycles. The van der Waals surface area contributed by atoms with Crippen LogP contribution in [0.25, 0.3) is 0 Å². The van der Waals surface area contributed by atoms with Crippen LogP contribution < -0.4 is 5.32 Å². The Morgan fingerprint density at radius 1 is 0.615 bits per heavy atom. The van der Waals surface area contributed by atoms with Crippen molar-refractivity contribution >= 4 is 17.1 Å². The summed E-state index contributed by atoms with van der Waals surface area (Å²) in [6, 6.07) is 3.44. The van der Waals surface area contributed by atoms with Crippen LogP contribution in [0.3, 0.4) is 0 Å². The SMILES string of the molecule is CCCCCOCCOCCOCCOCCOCCOCCOCCNc1ccc([N+](=O)[O-])cc1[N+](=O)[O-]. The van der Waals surface area contributed by atoms with Crippen molar-refractivity contribution in [3.05, 3.63) is 38.4 Å². The molecule has 0 fully saturated rings. The molecule has 14 heteroatoms. The van der Waals surface area contributed by atoms with Gasteiger partial charge in [-0.3, -0.25) is 20.2 Å². The van der Waals surface area contributed by atoms with Crippen molar-refractivity contribution < 1.29 is 43.0 Å². The summed E-state index contributed by atoms with van der Waals surface area (Å²) in [5.41, 5.74) is -0.505. The molecule has 0 aliphatic carbocycles. The topological polar surface area (TPSA) is 163 Å². The number of nitro groups is 2. The van der Waals surface area contributed by atoms with E-state index < -0.39 is 9.85 Å². The van der Waals surface area contributed by atoms with Crippen molar-refractivity contribution in [3.8, 4) is 0 Å². The van der Waals surface area contributed by atoms with E-state index in [0.717, 1.165) is 19.1 Å². The quantitative estimate of drug-likeness (QED) is 0.0904. The van der Waals surface area contributed by atoms with Crippen LogP contribution in [0.2, 0.25) is 0 Å². The number of unbranched alkanes of at least 4 members (excludes halogenated alkanes) is 2. The first kappa shape index (κ1) is 34.6. The van der Waals surface area contributed by atoms with E-state index in [9.17, 15) is 20.2 Å². The molecule has 0 amide bonds. The maximum absolute atomic E-state index is 11.1. The number of nitrogens with one attached hydrogen (secondary N) is 1. The molecule has 0 unspecified atom stereocenters. The lowest BCUT2D eigenvalue weighted by molar-refractivity contribution is -0.393. The van der Waals surface area contributed by atoms with Crippen molar-refractivity contribution in [3.63, 3.8) is 0 Å². The Hall–Kier alpha value is -2.46. The highest BCUT2D eigenvalue weighted by Gasteiger charge is 2.18. The number of ether oxygens (including phenoxy) is 7. The summed E-state index contributed by atoms with van der Waals surface area (Å²) >= 11 is 0. The average molecular weight is 562 g/mol. The van der Waals surface area contributed by atoms with E-state index in [4.69, 9.17) is 33.2 Å². The summed E-state index contributed by atoms with van der Waals surface area (Å²) < 4.78 is 38.0. The Morgan fingerprint density at radius 2 is 1.05 bits per heavy atom. The van der Waals surface area contributed by atoms with E-state index in [1.165, 1.54) is 25.0 Å². The van der Waals surface area contributed by atoms with Gasteiger partial charge >= 0.3 is 0 Å². The second-order valence-electron chi connectivity index (χ2n) is 8.14. The Kier molecular flexibility index (Phi) is 21.8. The van der Waals surface area contributed by atoms with Crippen LogP contribution in [-0.2, 0) is 33.2 Å². The first-order chi connectivity index (χ1) is 19.1. The van der Waals surface area contributed by atoms with Crippen LogP contribution in [0.15, 0.2) is 18.2 Å². The van der Waals surface area contributed by atoms with Gasteiger partial charge in [-0.05, 0) is 12.5 Å². The van der Waals surface area contributed by atoms with Gasteiger partial charge in [-0.2, -0.15) is 0 Å². The van der Waals surface area contributed by atoms with E-state index in [0.29, 0.717) is 85.8 Å². The van der Waals surface area contributed by atoms with Gasteiger partial charge in [0.1, 0.15) is 5.69 Å². The van der Waals surface area contributed by atoms with Crippen LogP contribution in [0.5, 0.6) is 0 Å². The summed E-state index contributed by atoms with van der Waals surface area (Å²) in [5.74, 6) is 0. The number of rotatable bonds is 28. The predicted molar refractivity (Wildman–Crippen MR) is 143 cm³/mol. The van der Waals surface area contributed by atoms with Crippen LogP contribution in [0.1, 0.15) is 26.2 Å². The zero-order chi connectivity index (χ0) is 28.4. The standard InChI is InChI=1S/C25H43N3O11/c1-2-3-4-8-33-10-12-35-14-16-37-18-20-39-21-19-38-17-15-36-13-11-34-9-7-26-24-6-5-23(27(29)30)22-25(24)28(31)32/h5-6,22,26H,2-4,7-21H2,1H3. The van der Waals surface area contributed by atoms with Gasteiger partial charge in [0.2, 0.25) is 0 Å². The number of benzene rings is 1. The van der Waals surface area contributed by atoms with Crippen LogP contribution in [0.4, 0.5) is 17.1 Å². The van der Waals surface area contributed by atoms with Gasteiger partial charge in [0.05, 0.1) is 102 Å². The number of non-ortho nitro benzene ring substituents is 1. The smallest absolute Gasteiger partial charge is 0.299 e. The average Bonchev–Trinajstić information content (AvgIpc) is 2.92. The third-order valence-corrected chi connectivity index (χ3v) is 5.07. The fraction of sp³-hybridized carbons (Fsp3) is 0.760. The minimum atomic E-state index is -0.678. The van der Waals surface area contributed by atoms with Crippen molar-refractivity contribution in [2.24, 2.45) is 0 Å². The molecule has 0 aliphatic heterocycles. The third-order valence-electron chi connectivity index (χ3n) is 5.07. The van der Waals surface area contributed by atoms with Gasteiger partial charge < -0.3 is 38.5 Å². The summed E-state index contributed by atoms with van der Waals surface area (Å²) in [6.07, 6.45) is 3.49. The lowest BCUT2D eigenvalue weighted by Gasteiger charge is -2.09. The highest BCUT2D eigenvalue weighted by Crippen LogP contribution is 2.28. The minimum Gasteiger partial charge on any atom is -0.379 e. The molecule has 0 atom stereocenters. The number of hydrogen-bond donors (Lipinski definition) is 1. The lowest BCUT2D eigenvalue weighted by atomic mass is 10.2. The maximum atomic E-state index is 11.1. The summed E-state index contributed by atoms with van der Waals surface area (Å²) in [4.78, 5) is 20.5. The fourth-order valence-corrected chi connectivity index (χ4v) is 3.07. The van der Waals surface area contributed by atoms with Crippen molar-refractivity contribution in [1.29, 1.82) is 0 Å². The molecule has 0 radical (unpaired) electrons. The third kappa shape index (κ3) is 19.3. The Morgan fingerprint density at radius 3 is 1.46 bits per heavy atom. The summed E-state index contributed by atoms with van der Waals surface area (Å²) in [7, 11) is 0. The molecule has 0 aliphatic rings. The molecule has 1 aromatic rings. The molecule has 0 saturated heterocycles. The van der Waals surface area contributed by atoms with Crippen molar-refractivity contribution in [1.82, 2.24) is 0 Å². The van der Waals surface area contributed by atoms with E-state index in [2.05, 4.69) is 12.2 Å². The molecule has 224 valence electrons. The van der Waals surface area contributed by atoms with E-state index in [-0.39, 0.29) is 23.7 Å². The van der Waals surface area contributed by atoms with E-state index in [1.807, 2.05) is 0 Å². The number of hydrogen-bond acceptors (Lipinski definition) is 12. The lowest BCUT2D eigenvalue weighted by Crippen LogP contribution is -2.15. The van der Waals surface area contributed by atoms with Crippen LogP contribution >= 0.6 is 0 Å². The molecule has 1 rings (SSSR count). The molecule has 0 bridgehead atoms. The molecule has 14 nitrogen and oxygen atoms in total. The molecule has 1 aromatic carbocycles. The number of nitrogens with zero attached hydrogens (tertiary/aromatic N) is 2. The second kappa shape index (κ2) is 24.6. The van der Waals surface area contributed by atoms with Crippen molar-refractivity contribution in [2.45, 2.75) is 26.2 Å². The molecule has 1 N–H and O–H groups in total. The maximum Gasteiger partial charge on any atom is 0.299 e. The highest BCUT2D eigenvalue weighted by molar-refractivity contribution is 5.65. The van der Waals surface area contributed by atoms with Gasteiger partial charge in [-0.15, -0.1) is 0 Å². The van der Waals surface area contributed by atoms with Gasteiger partial charge in [-0.25, -0.2) is 0 Å². The largest absolute Gasteiger partial charge is 0.379 e. The number of nitro benzene ring substituents is 2. The van der Waals surface area contributed by atoms with Crippen LogP contribution in [0, 0.1) is 20.2 Å². The molecule has 0 heterocycles. The highest BCUT2D eigenvalue weighted by atomic mass is 16.6. The molecule has 0 aromatic heterocycles. The summed E-state index contributed by atoms with van der Waals surface area (Å²) in [6.45, 7) is 9.32. The molecule has 0 spiro atoms. The van der Waals surface area contributed by atoms with Gasteiger partial charge in [0, 0.05) is 19.2 Å². The number of anilines is 1. The molecular weight excluding hydrogens is 518 g/mol. The summed E-state index contributed by atoms with van der Waals surface area (Å²) in [5, 5.41) is 24.7. The molecule has 39 heavy (non-hydrogen) atoms. The zero-order valence-electron chi connectivity index (χ0n) is 22.8. The predicted octanol–water partition coefficient (Wildman–Crippen LogP) is 3.22. The van der Waals surface area contributed by atoms with Gasteiger partial charge in [-0.1, -0.05) is 19.8 Å². The Labute approximate surface area is 229 Å². The van der Waals surface area contributed by atoms with Gasteiger partial charge in [0.25, 0.3) is 11.4 Å². The first-order valence-corrected chi connectivity index (χ1v) is 13.3. The first-order valence-electron chi connectivity index (χ1n) is 13.3. The minimum absolute atomic E-state index is 0.193. The van der Waals surface area contributed by atoms with E-state index >= 15 is 0 Å². The second-order valence-corrected chi connectivity index (χ2v) is 8.14. The Bertz CT molecular complexity index is 771. The fourth-order valence-electron chi connectivity index (χ4n) is 3.07. The zero-order valence-corrected chi connectivity index (χ0v) is 22.8. The Balaban J connectivity index is 1.81. The van der Waals surface area contributed by atoms with E-state index in [1.54, 1.807) is 0 Å². The normalized spacial score (nSPS) is 11.1. The van der Waals surface area contributed by atoms with Gasteiger partial charge in [0.15, 0.2) is 0 Å². The monoisotopic (exact) mass is 561 g/mol. The van der Waals surface area contributed by atoms with Crippen molar-refractivity contribution in [2.75, 3.05) is 104 Å². The van der Waals surface area contributed by atoms with Crippen LogP contribution in [-0.4, -0.2) is 109 Å².